The van der Waals surface area contributed by atoms with Gasteiger partial charge in [0.2, 0.25) is 0 Å². The molecule has 1 aromatic heterocycles. The number of halogens is 1. The summed E-state index contributed by atoms with van der Waals surface area (Å²) in [5.74, 6) is 0.799. The first-order valence-corrected chi connectivity index (χ1v) is 6.52. The van der Waals surface area contributed by atoms with Crippen molar-refractivity contribution < 1.29 is 4.42 Å². The number of furan rings is 1. The Labute approximate surface area is 112 Å². The molecule has 0 radical (unpaired) electrons. The first kappa shape index (κ1) is 11.0. The molecule has 0 atom stereocenters. The van der Waals surface area contributed by atoms with E-state index in [1.165, 1.54) is 11.3 Å². The number of rotatable bonds is 2. The number of nitrogens with zero attached hydrogens (tertiary/aromatic N) is 2. The first-order valence-electron chi connectivity index (χ1n) is 4.91. The highest BCUT2D eigenvalue weighted by atomic mass is 35.5. The lowest BCUT2D eigenvalue weighted by atomic mass is 10.3. The van der Waals surface area contributed by atoms with Gasteiger partial charge in [-0.1, -0.05) is 11.6 Å². The minimum atomic E-state index is 0.502. The average molecular weight is 283 g/mol. The minimum absolute atomic E-state index is 0.502. The van der Waals surface area contributed by atoms with Crippen molar-refractivity contribution in [3.8, 4) is 11.5 Å². The highest BCUT2D eigenvalue weighted by Gasteiger charge is 2.11. The Morgan fingerprint density at radius 3 is 3.18 bits per heavy atom. The largest absolute Gasteiger partial charge is 0.444 e. The normalized spacial score (nSPS) is 11.1. The van der Waals surface area contributed by atoms with Gasteiger partial charge >= 0.3 is 0 Å². The molecule has 0 spiro atoms. The molecule has 0 saturated carbocycles. The minimum Gasteiger partial charge on any atom is -0.444 e. The zero-order valence-corrected chi connectivity index (χ0v) is 11.0. The van der Waals surface area contributed by atoms with Gasteiger partial charge in [-0.25, -0.2) is 4.98 Å². The molecule has 3 nitrogen and oxygen atoms in total. The van der Waals surface area contributed by atoms with Crippen molar-refractivity contribution in [1.29, 1.82) is 0 Å². The number of aromatic nitrogens is 2. The molecule has 86 valence electrons. The van der Waals surface area contributed by atoms with Gasteiger partial charge < -0.3 is 8.98 Å². The molecule has 0 aromatic carbocycles. The quantitative estimate of drug-likeness (QED) is 0.664. The number of fused-ring (bicyclic) bond motifs is 1. The van der Waals surface area contributed by atoms with E-state index in [4.69, 9.17) is 28.2 Å². The van der Waals surface area contributed by atoms with Crippen LogP contribution in [0, 0.1) is 4.71 Å². The van der Waals surface area contributed by atoms with Crippen LogP contribution >= 0.6 is 35.2 Å². The zero-order valence-electron chi connectivity index (χ0n) is 8.59. The smallest absolute Gasteiger partial charge is 0.193 e. The van der Waals surface area contributed by atoms with Crippen molar-refractivity contribution in [3.63, 3.8) is 0 Å². The third-order valence-corrected chi connectivity index (χ3v) is 3.69. The van der Waals surface area contributed by atoms with Crippen LogP contribution < -0.4 is 0 Å². The Morgan fingerprint density at radius 2 is 2.41 bits per heavy atom. The van der Waals surface area contributed by atoms with Crippen LogP contribution in [0.1, 0.15) is 4.88 Å². The summed E-state index contributed by atoms with van der Waals surface area (Å²) in [6, 6.07) is 5.69. The summed E-state index contributed by atoms with van der Waals surface area (Å²) in [5, 5.41) is 0. The Balaban J connectivity index is 2.03. The molecule has 3 rings (SSSR count). The van der Waals surface area contributed by atoms with Crippen LogP contribution in [0.4, 0.5) is 0 Å². The van der Waals surface area contributed by atoms with Crippen molar-refractivity contribution in [2.24, 2.45) is 0 Å². The predicted octanol–water partition coefficient (Wildman–Crippen LogP) is 4.07. The number of hydrogen-bond acceptors (Lipinski definition) is 4. The SMILES string of the molecule is S=c1cc2n(Cc3cnc(Cl)s3)cccc-2o1. The van der Waals surface area contributed by atoms with Crippen molar-refractivity contribution in [2.75, 3.05) is 0 Å². The van der Waals surface area contributed by atoms with Crippen LogP contribution in [0.3, 0.4) is 0 Å². The van der Waals surface area contributed by atoms with E-state index in [9.17, 15) is 0 Å². The van der Waals surface area contributed by atoms with E-state index in [2.05, 4.69) is 9.55 Å². The zero-order chi connectivity index (χ0) is 11.8. The Kier molecular flexibility index (Phi) is 2.74. The third-order valence-electron chi connectivity index (χ3n) is 2.39. The Bertz CT molecular complexity index is 685. The fourth-order valence-electron chi connectivity index (χ4n) is 1.69. The van der Waals surface area contributed by atoms with Crippen LogP contribution in [0.2, 0.25) is 4.47 Å². The molecule has 0 bridgehead atoms. The van der Waals surface area contributed by atoms with E-state index in [1.54, 1.807) is 6.20 Å². The van der Waals surface area contributed by atoms with Crippen LogP contribution in [0.25, 0.3) is 11.5 Å². The van der Waals surface area contributed by atoms with Gasteiger partial charge in [-0.05, 0) is 24.4 Å². The number of hydrogen-bond donors (Lipinski definition) is 0. The van der Waals surface area contributed by atoms with Gasteiger partial charge in [0.15, 0.2) is 14.9 Å². The van der Waals surface area contributed by atoms with Crippen molar-refractivity contribution in [1.82, 2.24) is 9.55 Å². The maximum Gasteiger partial charge on any atom is 0.193 e. The highest BCUT2D eigenvalue weighted by Crippen LogP contribution is 2.26. The van der Waals surface area contributed by atoms with Gasteiger partial charge in [0.05, 0.1) is 12.2 Å². The van der Waals surface area contributed by atoms with E-state index in [0.29, 0.717) is 9.17 Å². The van der Waals surface area contributed by atoms with Crippen LogP contribution in [-0.2, 0) is 6.54 Å². The lowest BCUT2D eigenvalue weighted by Crippen LogP contribution is -2.01. The van der Waals surface area contributed by atoms with Gasteiger partial charge in [-0.2, -0.15) is 0 Å². The molecular weight excluding hydrogens is 276 g/mol. The monoisotopic (exact) mass is 282 g/mol. The lowest BCUT2D eigenvalue weighted by Gasteiger charge is -2.08. The first-order chi connectivity index (χ1) is 8.22. The average Bonchev–Trinajstić information content (AvgIpc) is 2.84. The van der Waals surface area contributed by atoms with Gasteiger partial charge in [0.25, 0.3) is 0 Å². The standard InChI is InChI=1S/C11H7ClN2OS2/c12-11-13-5-7(17-11)6-14-3-1-2-9-8(14)4-10(16)15-9/h1-5H,6H2. The molecular formula is C11H7ClN2OS2. The van der Waals surface area contributed by atoms with Gasteiger partial charge in [-0.15, -0.1) is 11.3 Å². The summed E-state index contributed by atoms with van der Waals surface area (Å²) >= 11 is 12.3. The summed E-state index contributed by atoms with van der Waals surface area (Å²) in [6.07, 6.45) is 3.77. The third kappa shape index (κ3) is 2.13. The molecule has 6 heteroatoms. The Hall–Kier alpha value is -1.17. The predicted molar refractivity (Wildman–Crippen MR) is 70.4 cm³/mol. The van der Waals surface area contributed by atoms with Crippen molar-refractivity contribution in [2.45, 2.75) is 6.54 Å². The summed E-state index contributed by atoms with van der Waals surface area (Å²) in [7, 11) is 0. The molecule has 0 fully saturated rings. The molecule has 0 N–H and O–H groups in total. The molecule has 1 aromatic rings. The summed E-state index contributed by atoms with van der Waals surface area (Å²) in [5.41, 5.74) is 0.988. The van der Waals surface area contributed by atoms with Gasteiger partial charge in [0.1, 0.15) is 0 Å². The molecule has 17 heavy (non-hydrogen) atoms. The van der Waals surface area contributed by atoms with E-state index in [0.717, 1.165) is 22.9 Å². The van der Waals surface area contributed by atoms with Gasteiger partial charge in [0, 0.05) is 23.3 Å². The lowest BCUT2D eigenvalue weighted by molar-refractivity contribution is 0.563. The molecule has 3 heterocycles. The second-order valence-corrected chi connectivity index (χ2v) is 5.63. The summed E-state index contributed by atoms with van der Waals surface area (Å²) < 4.78 is 8.54. The fraction of sp³-hybridized carbons (Fsp3) is 0.0909. The molecule has 0 unspecified atom stereocenters. The number of pyridine rings is 1. The van der Waals surface area contributed by atoms with Crippen LogP contribution in [0.5, 0.6) is 0 Å². The molecule has 0 saturated heterocycles. The number of thiazole rings is 1. The van der Waals surface area contributed by atoms with Crippen LogP contribution in [0.15, 0.2) is 35.0 Å². The maximum absolute atomic E-state index is 5.81. The van der Waals surface area contributed by atoms with Crippen molar-refractivity contribution in [3.05, 3.63) is 44.6 Å². The van der Waals surface area contributed by atoms with E-state index >= 15 is 0 Å². The molecule has 0 amide bonds. The van der Waals surface area contributed by atoms with Crippen LogP contribution in [-0.4, -0.2) is 9.55 Å². The second kappa shape index (κ2) is 4.25. The molecule has 2 aliphatic rings. The fourth-order valence-corrected chi connectivity index (χ4v) is 2.87. The second-order valence-electron chi connectivity index (χ2n) is 3.53. The Morgan fingerprint density at radius 1 is 1.53 bits per heavy atom. The summed E-state index contributed by atoms with van der Waals surface area (Å²) in [6.45, 7) is 0.718. The summed E-state index contributed by atoms with van der Waals surface area (Å²) in [4.78, 5) is 5.12. The van der Waals surface area contributed by atoms with E-state index in [1.807, 2.05) is 24.4 Å². The van der Waals surface area contributed by atoms with E-state index < -0.39 is 0 Å². The molecule has 0 aliphatic carbocycles. The van der Waals surface area contributed by atoms with E-state index in [-0.39, 0.29) is 0 Å². The van der Waals surface area contributed by atoms with Crippen molar-refractivity contribution >= 4 is 35.2 Å². The topological polar surface area (TPSA) is 31.0 Å². The van der Waals surface area contributed by atoms with Gasteiger partial charge in [-0.3, -0.25) is 0 Å². The highest BCUT2D eigenvalue weighted by molar-refractivity contribution is 7.71. The molecule has 2 aliphatic heterocycles. The maximum atomic E-state index is 5.81.